The van der Waals surface area contributed by atoms with E-state index >= 15 is 0 Å². The van der Waals surface area contributed by atoms with E-state index in [0.717, 1.165) is 25.7 Å². The molecule has 18 heavy (non-hydrogen) atoms. The highest BCUT2D eigenvalue weighted by atomic mass is 16.5. The van der Waals surface area contributed by atoms with E-state index < -0.39 is 6.10 Å². The predicted octanol–water partition coefficient (Wildman–Crippen LogP) is 2.76. The van der Waals surface area contributed by atoms with E-state index in [1.54, 1.807) is 0 Å². The maximum absolute atomic E-state index is 12.1. The van der Waals surface area contributed by atoms with Crippen molar-refractivity contribution in [2.45, 2.75) is 59.0 Å². The number of hydrogen-bond donors (Lipinski definition) is 1. The van der Waals surface area contributed by atoms with Crippen molar-refractivity contribution in [3.63, 3.8) is 0 Å². The quantitative estimate of drug-likeness (QED) is 0.732. The van der Waals surface area contributed by atoms with Gasteiger partial charge in [0, 0.05) is 0 Å². The van der Waals surface area contributed by atoms with Gasteiger partial charge in [0.25, 0.3) is 0 Å². The highest BCUT2D eigenvalue weighted by Crippen LogP contribution is 2.59. The predicted molar refractivity (Wildman–Crippen MR) is 70.0 cm³/mol. The van der Waals surface area contributed by atoms with Crippen LogP contribution in [-0.2, 0) is 9.53 Å². The number of ether oxygens (including phenoxy) is 1. The molecule has 104 valence electrons. The van der Waals surface area contributed by atoms with Gasteiger partial charge in [-0.2, -0.15) is 0 Å². The molecule has 2 rings (SSSR count). The molecular formula is C15H26O3. The summed E-state index contributed by atoms with van der Waals surface area (Å²) >= 11 is 0. The topological polar surface area (TPSA) is 46.5 Å². The maximum Gasteiger partial charge on any atom is 0.311 e. The largest absolute Gasteiger partial charge is 0.469 e. The molecule has 2 aliphatic rings. The van der Waals surface area contributed by atoms with E-state index in [9.17, 15) is 9.90 Å². The van der Waals surface area contributed by atoms with Crippen molar-refractivity contribution in [2.24, 2.45) is 22.7 Å². The second-order valence-corrected chi connectivity index (χ2v) is 7.05. The fourth-order valence-electron chi connectivity index (χ4n) is 4.76. The van der Waals surface area contributed by atoms with E-state index in [4.69, 9.17) is 4.74 Å². The minimum Gasteiger partial charge on any atom is -0.469 e. The van der Waals surface area contributed by atoms with Crippen LogP contribution in [0.15, 0.2) is 0 Å². The Labute approximate surface area is 110 Å². The SMILES string of the molecule is COC(=O)[C@@H]1[C@@H](O)CCC2C(C)(C)CCC[C@@]21C. The highest BCUT2D eigenvalue weighted by molar-refractivity contribution is 5.74. The molecule has 0 heterocycles. The number of hydrogen-bond acceptors (Lipinski definition) is 3. The van der Waals surface area contributed by atoms with Gasteiger partial charge in [-0.1, -0.05) is 27.2 Å². The van der Waals surface area contributed by atoms with Crippen LogP contribution in [0.4, 0.5) is 0 Å². The van der Waals surface area contributed by atoms with Crippen LogP contribution in [0.3, 0.4) is 0 Å². The molecule has 2 saturated carbocycles. The summed E-state index contributed by atoms with van der Waals surface area (Å²) in [6, 6.07) is 0. The number of carbonyl (C=O) groups excluding carboxylic acids is 1. The first-order valence-electron chi connectivity index (χ1n) is 7.09. The van der Waals surface area contributed by atoms with Crippen molar-refractivity contribution in [3.05, 3.63) is 0 Å². The molecule has 2 fully saturated rings. The molecule has 0 aromatic rings. The number of aliphatic hydroxyl groups excluding tert-OH is 1. The maximum atomic E-state index is 12.1. The lowest BCUT2D eigenvalue weighted by molar-refractivity contribution is -0.175. The molecule has 1 unspecified atom stereocenters. The van der Waals surface area contributed by atoms with Crippen LogP contribution >= 0.6 is 0 Å². The van der Waals surface area contributed by atoms with Crippen molar-refractivity contribution in [1.82, 2.24) is 0 Å². The lowest BCUT2D eigenvalue weighted by Gasteiger charge is -2.57. The van der Waals surface area contributed by atoms with Crippen LogP contribution in [0, 0.1) is 22.7 Å². The molecule has 0 aromatic carbocycles. The van der Waals surface area contributed by atoms with Gasteiger partial charge in [0.05, 0.1) is 19.1 Å². The van der Waals surface area contributed by atoms with E-state index in [1.165, 1.54) is 13.5 Å². The van der Waals surface area contributed by atoms with Crippen LogP contribution < -0.4 is 0 Å². The lowest BCUT2D eigenvalue weighted by atomic mass is 9.48. The molecule has 0 radical (unpaired) electrons. The third-order valence-electron chi connectivity index (χ3n) is 5.58. The van der Waals surface area contributed by atoms with E-state index in [-0.39, 0.29) is 22.7 Å². The van der Waals surface area contributed by atoms with E-state index in [1.807, 2.05) is 0 Å². The standard InChI is InChI=1S/C15H26O3/c1-14(2)8-5-9-15(3)11(14)7-6-10(16)12(15)13(17)18-4/h10-12,16H,5-9H2,1-4H3/t10-,11?,12-,15-/m0/s1. The van der Waals surface area contributed by atoms with Crippen molar-refractivity contribution in [2.75, 3.05) is 7.11 Å². The molecule has 0 amide bonds. The summed E-state index contributed by atoms with van der Waals surface area (Å²) in [7, 11) is 1.43. The molecular weight excluding hydrogens is 228 g/mol. The number of rotatable bonds is 1. The third-order valence-corrected chi connectivity index (χ3v) is 5.58. The number of esters is 1. The second-order valence-electron chi connectivity index (χ2n) is 7.05. The van der Waals surface area contributed by atoms with Crippen molar-refractivity contribution in [3.8, 4) is 0 Å². The summed E-state index contributed by atoms with van der Waals surface area (Å²) in [5.74, 6) is -0.0699. The summed E-state index contributed by atoms with van der Waals surface area (Å²) in [6.45, 7) is 6.80. The zero-order chi connectivity index (χ0) is 13.6. The average molecular weight is 254 g/mol. The molecule has 0 saturated heterocycles. The molecule has 3 nitrogen and oxygen atoms in total. The molecule has 0 spiro atoms. The Kier molecular flexibility index (Phi) is 3.48. The first kappa shape index (κ1) is 13.9. The van der Waals surface area contributed by atoms with Crippen LogP contribution in [0.25, 0.3) is 0 Å². The lowest BCUT2D eigenvalue weighted by Crippen LogP contribution is -2.55. The molecule has 0 aromatic heterocycles. The summed E-state index contributed by atoms with van der Waals surface area (Å²) in [5, 5.41) is 10.2. The van der Waals surface area contributed by atoms with Crippen LogP contribution in [0.2, 0.25) is 0 Å². The van der Waals surface area contributed by atoms with Gasteiger partial charge in [-0.15, -0.1) is 0 Å². The Morgan fingerprint density at radius 1 is 1.22 bits per heavy atom. The average Bonchev–Trinajstić information content (AvgIpc) is 2.26. The van der Waals surface area contributed by atoms with Crippen molar-refractivity contribution < 1.29 is 14.6 Å². The number of aliphatic hydroxyl groups is 1. The van der Waals surface area contributed by atoms with Gasteiger partial charge in [-0.05, 0) is 42.4 Å². The smallest absolute Gasteiger partial charge is 0.311 e. The fraction of sp³-hybridized carbons (Fsp3) is 0.933. The first-order chi connectivity index (χ1) is 8.33. The summed E-state index contributed by atoms with van der Waals surface area (Å²) in [6.07, 6.45) is 4.60. The second kappa shape index (κ2) is 4.52. The molecule has 1 N–H and O–H groups in total. The fourth-order valence-corrected chi connectivity index (χ4v) is 4.76. The highest BCUT2D eigenvalue weighted by Gasteiger charge is 2.57. The van der Waals surface area contributed by atoms with Gasteiger partial charge in [0.2, 0.25) is 0 Å². The van der Waals surface area contributed by atoms with Gasteiger partial charge in [0.1, 0.15) is 0 Å². The summed E-state index contributed by atoms with van der Waals surface area (Å²) < 4.78 is 4.94. The van der Waals surface area contributed by atoms with Crippen LogP contribution in [0.1, 0.15) is 52.9 Å². The molecule has 4 atom stereocenters. The first-order valence-corrected chi connectivity index (χ1v) is 7.09. The number of methoxy groups -OCH3 is 1. The zero-order valence-corrected chi connectivity index (χ0v) is 12.0. The Balaban J connectivity index is 2.37. The Bertz CT molecular complexity index is 337. The Morgan fingerprint density at radius 2 is 1.89 bits per heavy atom. The Hall–Kier alpha value is -0.570. The summed E-state index contributed by atoms with van der Waals surface area (Å²) in [4.78, 5) is 12.1. The van der Waals surface area contributed by atoms with E-state index in [0.29, 0.717) is 5.92 Å². The normalized spacial score (nSPS) is 43.1. The van der Waals surface area contributed by atoms with E-state index in [2.05, 4.69) is 20.8 Å². The number of carbonyl (C=O) groups is 1. The van der Waals surface area contributed by atoms with Gasteiger partial charge < -0.3 is 9.84 Å². The minimum atomic E-state index is -0.535. The van der Waals surface area contributed by atoms with Crippen molar-refractivity contribution >= 4 is 5.97 Å². The van der Waals surface area contributed by atoms with Gasteiger partial charge in [-0.25, -0.2) is 0 Å². The molecule has 0 bridgehead atoms. The van der Waals surface area contributed by atoms with Crippen LogP contribution in [-0.4, -0.2) is 24.3 Å². The molecule has 0 aliphatic heterocycles. The van der Waals surface area contributed by atoms with Crippen molar-refractivity contribution in [1.29, 1.82) is 0 Å². The number of fused-ring (bicyclic) bond motifs is 1. The third kappa shape index (κ3) is 1.97. The van der Waals surface area contributed by atoms with Crippen LogP contribution in [0.5, 0.6) is 0 Å². The summed E-state index contributed by atoms with van der Waals surface area (Å²) in [5.41, 5.74) is 0.159. The monoisotopic (exact) mass is 254 g/mol. The Morgan fingerprint density at radius 3 is 2.50 bits per heavy atom. The molecule has 3 heteroatoms. The van der Waals surface area contributed by atoms with Gasteiger partial charge in [0.15, 0.2) is 0 Å². The van der Waals surface area contributed by atoms with Gasteiger partial charge in [-0.3, -0.25) is 4.79 Å². The molecule has 2 aliphatic carbocycles. The zero-order valence-electron chi connectivity index (χ0n) is 12.0. The minimum absolute atomic E-state index is 0.105. The van der Waals surface area contributed by atoms with Gasteiger partial charge >= 0.3 is 5.97 Å².